The van der Waals surface area contributed by atoms with Crippen molar-refractivity contribution in [2.75, 3.05) is 0 Å². The summed E-state index contributed by atoms with van der Waals surface area (Å²) >= 11 is 0. The molecule has 3 aromatic carbocycles. The molecule has 36 heavy (non-hydrogen) atoms. The zero-order valence-corrected chi connectivity index (χ0v) is 21.5. The molecule has 1 heterocycles. The van der Waals surface area contributed by atoms with E-state index in [9.17, 15) is 4.79 Å². The third-order valence-corrected chi connectivity index (χ3v) is 6.75. The van der Waals surface area contributed by atoms with Gasteiger partial charge in [0.05, 0.1) is 5.39 Å². The highest BCUT2D eigenvalue weighted by atomic mass is 16.5. The Labute approximate surface area is 215 Å². The second-order valence-electron chi connectivity index (χ2n) is 9.60. The Morgan fingerprint density at radius 3 is 2.14 bits per heavy atom. The average molecular weight is 481 g/mol. The number of hydrogen-bond donors (Lipinski definition) is 0. The van der Waals surface area contributed by atoms with Crippen LogP contribution >= 0.6 is 0 Å². The molecule has 0 amide bonds. The Hall–Kier alpha value is -3.46. The van der Waals surface area contributed by atoms with E-state index in [0.717, 1.165) is 22.9 Å². The summed E-state index contributed by atoms with van der Waals surface area (Å²) in [5.74, 6) is 1.53. The van der Waals surface area contributed by atoms with Gasteiger partial charge in [-0.25, -0.2) is 0 Å². The van der Waals surface area contributed by atoms with E-state index in [0.29, 0.717) is 11.4 Å². The van der Waals surface area contributed by atoms with E-state index >= 15 is 0 Å². The van der Waals surface area contributed by atoms with E-state index in [1.54, 1.807) is 0 Å². The van der Waals surface area contributed by atoms with Crippen LogP contribution in [0.4, 0.5) is 0 Å². The molecular formula is C33H38NO2+. The van der Waals surface area contributed by atoms with E-state index in [1.165, 1.54) is 56.9 Å². The fourth-order valence-corrected chi connectivity index (χ4v) is 4.64. The van der Waals surface area contributed by atoms with Crippen molar-refractivity contribution >= 4 is 16.6 Å². The predicted molar refractivity (Wildman–Crippen MR) is 148 cm³/mol. The molecule has 0 aliphatic carbocycles. The molecule has 3 nitrogen and oxygen atoms in total. The molecule has 0 saturated heterocycles. The van der Waals surface area contributed by atoms with E-state index in [4.69, 9.17) is 4.74 Å². The predicted octanol–water partition coefficient (Wildman–Crippen LogP) is 8.49. The second kappa shape index (κ2) is 13.6. The molecule has 0 radical (unpaired) electrons. The highest BCUT2D eigenvalue weighted by Gasteiger charge is 2.21. The van der Waals surface area contributed by atoms with Crippen molar-refractivity contribution in [3.05, 3.63) is 102 Å². The molecule has 0 bridgehead atoms. The zero-order chi connectivity index (χ0) is 25.0. The maximum Gasteiger partial charge on any atom is 0.381 e. The molecule has 0 unspecified atom stereocenters. The number of benzene rings is 3. The van der Waals surface area contributed by atoms with Crippen LogP contribution < -0.4 is 9.30 Å². The van der Waals surface area contributed by atoms with Crippen molar-refractivity contribution in [1.82, 2.24) is 0 Å². The lowest BCUT2D eigenvalue weighted by atomic mass is 10.0. The van der Waals surface area contributed by atoms with Gasteiger partial charge in [-0.1, -0.05) is 113 Å². The molecule has 0 saturated carbocycles. The minimum absolute atomic E-state index is 0.0569. The number of aryl methyl sites for hydroxylation is 1. The van der Waals surface area contributed by atoms with E-state index in [-0.39, 0.29) is 12.3 Å². The van der Waals surface area contributed by atoms with Crippen molar-refractivity contribution in [2.24, 2.45) is 0 Å². The van der Waals surface area contributed by atoms with Crippen LogP contribution in [0.2, 0.25) is 0 Å². The lowest BCUT2D eigenvalue weighted by Crippen LogP contribution is -2.39. The lowest BCUT2D eigenvalue weighted by molar-refractivity contribution is -0.685. The van der Waals surface area contributed by atoms with Gasteiger partial charge >= 0.3 is 5.88 Å². The first-order valence-electron chi connectivity index (χ1n) is 13.5. The van der Waals surface area contributed by atoms with Gasteiger partial charge in [-0.3, -0.25) is 4.79 Å². The normalized spacial score (nSPS) is 11.0. The summed E-state index contributed by atoms with van der Waals surface area (Å²) in [5, 5.41) is 2.08. The number of ether oxygens (including phenoxy) is 1. The maximum absolute atomic E-state index is 12.9. The van der Waals surface area contributed by atoms with Crippen LogP contribution in [-0.2, 0) is 13.0 Å². The molecule has 0 N–H and O–H groups in total. The fraction of sp³-hybridized carbons (Fsp3) is 0.333. The molecule has 186 valence electrons. The van der Waals surface area contributed by atoms with E-state index < -0.39 is 0 Å². The molecule has 1 aromatic heterocycles. The Bertz CT molecular complexity index is 1230. The zero-order valence-electron chi connectivity index (χ0n) is 21.5. The second-order valence-corrected chi connectivity index (χ2v) is 9.60. The number of nitrogens with zero attached hydrogens (tertiary/aromatic N) is 1. The molecule has 3 heteroatoms. The molecule has 0 atom stereocenters. The Balaban J connectivity index is 1.41. The highest BCUT2D eigenvalue weighted by molar-refractivity contribution is 5.95. The third kappa shape index (κ3) is 7.27. The van der Waals surface area contributed by atoms with Gasteiger partial charge in [0.25, 0.3) is 0 Å². The van der Waals surface area contributed by atoms with Crippen LogP contribution in [0, 0.1) is 0 Å². The number of aromatic nitrogens is 1. The largest absolute Gasteiger partial charge is 0.405 e. The molecular weight excluding hydrogens is 442 g/mol. The van der Waals surface area contributed by atoms with Gasteiger partial charge in [0.15, 0.2) is 6.20 Å². The van der Waals surface area contributed by atoms with Crippen LogP contribution in [0.1, 0.15) is 74.2 Å². The summed E-state index contributed by atoms with van der Waals surface area (Å²) in [7, 11) is 0. The Morgan fingerprint density at radius 1 is 0.722 bits per heavy atom. The summed E-state index contributed by atoms with van der Waals surface area (Å²) in [4.78, 5) is 12.9. The summed E-state index contributed by atoms with van der Waals surface area (Å²) in [6.07, 6.45) is 13.7. The molecule has 0 aliphatic heterocycles. The monoisotopic (exact) mass is 480 g/mol. The standard InChI is InChI=1S/C33H38NO2/c1-2-3-4-5-6-7-8-10-15-27-20-22-30(23-21-27)36-33-31-19-14-13-16-28(31)24-25-34(33)26-32(35)29-17-11-9-12-18-29/h9,11-14,16-25H,2-8,10,15,26H2,1H3/q+1. The topological polar surface area (TPSA) is 30.2 Å². The fourth-order valence-electron chi connectivity index (χ4n) is 4.64. The summed E-state index contributed by atoms with van der Waals surface area (Å²) < 4.78 is 8.32. The first kappa shape index (κ1) is 25.6. The number of carbonyl (C=O) groups is 1. The van der Waals surface area contributed by atoms with Crippen molar-refractivity contribution in [3.8, 4) is 11.6 Å². The van der Waals surface area contributed by atoms with Gasteiger partial charge in [-0.2, -0.15) is 4.57 Å². The van der Waals surface area contributed by atoms with Crippen molar-refractivity contribution in [1.29, 1.82) is 0 Å². The smallest absolute Gasteiger partial charge is 0.381 e. The summed E-state index contributed by atoms with van der Waals surface area (Å²) in [6.45, 7) is 2.49. The molecule has 4 aromatic rings. The van der Waals surface area contributed by atoms with Gasteiger partial charge in [-0.15, -0.1) is 0 Å². The highest BCUT2D eigenvalue weighted by Crippen LogP contribution is 2.27. The van der Waals surface area contributed by atoms with Crippen molar-refractivity contribution < 1.29 is 14.1 Å². The number of hydrogen-bond acceptors (Lipinski definition) is 2. The summed E-state index contributed by atoms with van der Waals surface area (Å²) in [6, 6.07) is 28.0. The van der Waals surface area contributed by atoms with Gasteiger partial charge in [0.2, 0.25) is 12.3 Å². The van der Waals surface area contributed by atoms with Crippen LogP contribution in [0.3, 0.4) is 0 Å². The van der Waals surface area contributed by atoms with Gasteiger partial charge in [-0.05, 0) is 42.0 Å². The first-order valence-corrected chi connectivity index (χ1v) is 13.5. The first-order chi connectivity index (χ1) is 17.7. The Morgan fingerprint density at radius 2 is 1.39 bits per heavy atom. The minimum atomic E-state index is 0.0569. The number of fused-ring (bicyclic) bond motifs is 1. The number of unbranched alkanes of at least 4 members (excludes halogenated alkanes) is 7. The van der Waals surface area contributed by atoms with Crippen LogP contribution in [0.5, 0.6) is 11.6 Å². The van der Waals surface area contributed by atoms with Crippen LogP contribution in [-0.4, -0.2) is 5.78 Å². The van der Waals surface area contributed by atoms with E-state index in [1.807, 2.05) is 77.5 Å². The van der Waals surface area contributed by atoms with Gasteiger partial charge in [0.1, 0.15) is 5.75 Å². The Kier molecular flexibility index (Phi) is 9.67. The molecule has 0 aliphatic rings. The third-order valence-electron chi connectivity index (χ3n) is 6.75. The number of rotatable bonds is 14. The number of ketones is 1. The average Bonchev–Trinajstić information content (AvgIpc) is 2.92. The SMILES string of the molecule is CCCCCCCCCCc1ccc(Oc2c3ccccc3cc[n+]2CC(=O)c2ccccc2)cc1. The van der Waals surface area contributed by atoms with Crippen molar-refractivity contribution in [2.45, 2.75) is 71.3 Å². The van der Waals surface area contributed by atoms with Gasteiger partial charge in [0, 0.05) is 11.6 Å². The van der Waals surface area contributed by atoms with Gasteiger partial charge < -0.3 is 4.74 Å². The quantitative estimate of drug-likeness (QED) is 0.103. The lowest BCUT2D eigenvalue weighted by Gasteiger charge is -2.09. The number of carbonyl (C=O) groups excluding carboxylic acids is 1. The minimum Gasteiger partial charge on any atom is -0.405 e. The molecule has 4 rings (SSSR count). The number of pyridine rings is 1. The van der Waals surface area contributed by atoms with E-state index in [2.05, 4.69) is 25.1 Å². The van der Waals surface area contributed by atoms with Crippen molar-refractivity contribution in [3.63, 3.8) is 0 Å². The van der Waals surface area contributed by atoms with Crippen LogP contribution in [0.15, 0.2) is 91.1 Å². The summed E-state index contributed by atoms with van der Waals surface area (Å²) in [5.41, 5.74) is 2.05. The number of Topliss-reactive ketones (excluding diaryl/α,β-unsaturated/α-hetero) is 1. The molecule has 0 spiro atoms. The van der Waals surface area contributed by atoms with Crippen LogP contribution in [0.25, 0.3) is 10.8 Å². The molecule has 0 fully saturated rings. The maximum atomic E-state index is 12.9.